The Kier molecular flexibility index (Phi) is 5.27. The third-order valence-electron chi connectivity index (χ3n) is 5.40. The zero-order valence-electron chi connectivity index (χ0n) is 16.7. The Bertz CT molecular complexity index is 1110. The van der Waals surface area contributed by atoms with Crippen LogP contribution in [0.25, 0.3) is 5.69 Å². The molecule has 1 aliphatic heterocycles. The van der Waals surface area contributed by atoms with Gasteiger partial charge in [-0.15, -0.1) is 10.2 Å². The van der Waals surface area contributed by atoms with Crippen LogP contribution in [0.15, 0.2) is 53.9 Å². The van der Waals surface area contributed by atoms with Crippen molar-refractivity contribution in [3.8, 4) is 17.2 Å². The molecule has 1 aliphatic carbocycles. The highest BCUT2D eigenvalue weighted by Crippen LogP contribution is 2.46. The van der Waals surface area contributed by atoms with E-state index in [0.717, 1.165) is 25.7 Å². The molecule has 0 radical (unpaired) electrons. The normalized spacial score (nSPS) is 16.4. The molecule has 1 aromatic heterocycles. The summed E-state index contributed by atoms with van der Waals surface area (Å²) in [4.78, 5) is 12.5. The molecule has 9 heteroatoms. The molecule has 0 unspecified atom stereocenters. The highest BCUT2D eigenvalue weighted by Gasteiger charge is 2.42. The van der Waals surface area contributed by atoms with Gasteiger partial charge in [-0.1, -0.05) is 30.3 Å². The van der Waals surface area contributed by atoms with Crippen molar-refractivity contribution < 1.29 is 18.7 Å². The molecule has 1 spiro atoms. The highest BCUT2D eigenvalue weighted by molar-refractivity contribution is 7.99. The van der Waals surface area contributed by atoms with Crippen molar-refractivity contribution in [1.82, 2.24) is 14.8 Å². The molecule has 2 aliphatic rings. The van der Waals surface area contributed by atoms with Gasteiger partial charge in [-0.05, 0) is 37.1 Å². The third-order valence-corrected chi connectivity index (χ3v) is 6.34. The Labute approximate surface area is 183 Å². The van der Waals surface area contributed by atoms with Crippen molar-refractivity contribution in [3.05, 3.63) is 54.6 Å². The Morgan fingerprint density at radius 2 is 1.94 bits per heavy atom. The molecule has 2 aromatic carbocycles. The molecule has 1 saturated carbocycles. The van der Waals surface area contributed by atoms with Crippen LogP contribution in [0, 0.1) is 5.82 Å². The number of rotatable bonds is 5. The molecule has 1 fully saturated rings. The molecule has 2 heterocycles. The lowest BCUT2D eigenvalue weighted by Gasteiger charge is -2.31. The first-order chi connectivity index (χ1) is 15.1. The predicted molar refractivity (Wildman–Crippen MR) is 114 cm³/mol. The minimum atomic E-state index is -0.546. The molecule has 1 N–H and O–H groups in total. The zero-order valence-corrected chi connectivity index (χ0v) is 17.5. The quantitative estimate of drug-likeness (QED) is 0.586. The maximum absolute atomic E-state index is 14.1. The van der Waals surface area contributed by atoms with Gasteiger partial charge < -0.3 is 14.8 Å². The van der Waals surface area contributed by atoms with Crippen molar-refractivity contribution in [2.75, 3.05) is 11.1 Å². The predicted octanol–water partition coefficient (Wildman–Crippen LogP) is 4.57. The average molecular weight is 441 g/mol. The number of nitrogens with zero attached hydrogens (tertiary/aromatic N) is 3. The van der Waals surface area contributed by atoms with Crippen LogP contribution in [-0.4, -0.2) is 32.2 Å². The Balaban J connectivity index is 1.22. The number of thioether (sulfide) groups is 1. The second kappa shape index (κ2) is 8.22. The summed E-state index contributed by atoms with van der Waals surface area (Å²) in [5.74, 6) is 0.337. The van der Waals surface area contributed by atoms with E-state index >= 15 is 0 Å². The van der Waals surface area contributed by atoms with Crippen LogP contribution < -0.4 is 14.8 Å². The fourth-order valence-electron chi connectivity index (χ4n) is 3.93. The number of benzene rings is 2. The van der Waals surface area contributed by atoms with Gasteiger partial charge in [0.15, 0.2) is 16.7 Å². The first kappa shape index (κ1) is 19.9. The lowest BCUT2D eigenvalue weighted by atomic mass is 9.94. The maximum Gasteiger partial charge on any atom is 0.251 e. The van der Waals surface area contributed by atoms with Gasteiger partial charge in [-0.2, -0.15) is 0 Å². The van der Waals surface area contributed by atoms with Gasteiger partial charge >= 0.3 is 0 Å². The summed E-state index contributed by atoms with van der Waals surface area (Å²) >= 11 is 1.18. The Morgan fingerprint density at radius 1 is 1.13 bits per heavy atom. The number of carbonyl (C=O) groups excluding carboxylic acids is 1. The number of aromatic nitrogens is 3. The van der Waals surface area contributed by atoms with Gasteiger partial charge in [0.25, 0.3) is 5.79 Å². The van der Waals surface area contributed by atoms with Crippen molar-refractivity contribution in [3.63, 3.8) is 0 Å². The molecule has 3 aromatic rings. The first-order valence-corrected chi connectivity index (χ1v) is 11.2. The number of fused-ring (bicyclic) bond motifs is 1. The van der Waals surface area contributed by atoms with Crippen LogP contribution >= 0.6 is 11.8 Å². The lowest BCUT2D eigenvalue weighted by molar-refractivity contribution is -0.113. The van der Waals surface area contributed by atoms with Crippen LogP contribution in [0.1, 0.15) is 32.1 Å². The third kappa shape index (κ3) is 4.10. The summed E-state index contributed by atoms with van der Waals surface area (Å²) in [6.45, 7) is 0. The molecule has 5 rings (SSSR count). The van der Waals surface area contributed by atoms with Crippen molar-refractivity contribution in [2.24, 2.45) is 0 Å². The Hall–Kier alpha value is -3.07. The number of hydrogen-bond acceptors (Lipinski definition) is 6. The second-order valence-corrected chi connectivity index (χ2v) is 8.55. The van der Waals surface area contributed by atoms with E-state index in [1.807, 2.05) is 6.07 Å². The number of ether oxygens (including phenoxy) is 2. The maximum atomic E-state index is 14.1. The van der Waals surface area contributed by atoms with E-state index in [-0.39, 0.29) is 17.5 Å². The minimum Gasteiger partial charge on any atom is -0.448 e. The number of halogens is 1. The van der Waals surface area contributed by atoms with Crippen molar-refractivity contribution >= 4 is 23.4 Å². The highest BCUT2D eigenvalue weighted by atomic mass is 32.2. The fraction of sp³-hybridized carbons (Fsp3) is 0.318. The summed E-state index contributed by atoms with van der Waals surface area (Å²) < 4.78 is 27.8. The molecule has 1 amide bonds. The standard InChI is InChI=1S/C22H21FN4O3S/c23-16-6-2-3-7-17(16)27-14-24-26-21(27)31-13-20(28)25-15-8-9-18-19(12-15)30-22(29-18)10-4-1-5-11-22/h2-3,6-9,12,14H,1,4-5,10-11,13H2,(H,25,28). The van der Waals surface area contributed by atoms with Crippen molar-refractivity contribution in [1.29, 1.82) is 0 Å². The van der Waals surface area contributed by atoms with Crippen LogP contribution in [0.3, 0.4) is 0 Å². The van der Waals surface area contributed by atoms with Gasteiger partial charge in [-0.3, -0.25) is 9.36 Å². The summed E-state index contributed by atoms with van der Waals surface area (Å²) in [7, 11) is 0. The topological polar surface area (TPSA) is 78.3 Å². The minimum absolute atomic E-state index is 0.103. The van der Waals surface area contributed by atoms with Gasteiger partial charge in [0.1, 0.15) is 12.1 Å². The molecule has 0 bridgehead atoms. The molecule has 31 heavy (non-hydrogen) atoms. The van der Waals surface area contributed by atoms with E-state index in [1.54, 1.807) is 30.3 Å². The van der Waals surface area contributed by atoms with E-state index in [0.29, 0.717) is 28.0 Å². The van der Waals surface area contributed by atoms with E-state index < -0.39 is 5.79 Å². The number of carbonyl (C=O) groups is 1. The Morgan fingerprint density at radius 3 is 2.77 bits per heavy atom. The summed E-state index contributed by atoms with van der Waals surface area (Å²) in [5.41, 5.74) is 0.971. The van der Waals surface area contributed by atoms with E-state index in [4.69, 9.17) is 9.47 Å². The van der Waals surface area contributed by atoms with Gasteiger partial charge in [0.2, 0.25) is 5.91 Å². The fourth-order valence-corrected chi connectivity index (χ4v) is 4.65. The number of amides is 1. The molecule has 0 saturated heterocycles. The van der Waals surface area contributed by atoms with Crippen LogP contribution in [-0.2, 0) is 4.79 Å². The number of hydrogen-bond donors (Lipinski definition) is 1. The number of nitrogens with one attached hydrogen (secondary N) is 1. The van der Waals surface area contributed by atoms with Gasteiger partial charge in [0, 0.05) is 24.6 Å². The first-order valence-electron chi connectivity index (χ1n) is 10.2. The largest absolute Gasteiger partial charge is 0.448 e. The second-order valence-electron chi connectivity index (χ2n) is 7.61. The molecule has 7 nitrogen and oxygen atoms in total. The van der Waals surface area contributed by atoms with E-state index in [9.17, 15) is 9.18 Å². The van der Waals surface area contributed by atoms with Gasteiger partial charge in [0.05, 0.1) is 11.4 Å². The molecule has 160 valence electrons. The number of para-hydroxylation sites is 1. The smallest absolute Gasteiger partial charge is 0.251 e. The van der Waals surface area contributed by atoms with Crippen LogP contribution in [0.4, 0.5) is 10.1 Å². The van der Waals surface area contributed by atoms with Crippen LogP contribution in [0.5, 0.6) is 11.5 Å². The SMILES string of the molecule is O=C(CSc1nncn1-c1ccccc1F)Nc1ccc2c(c1)OC1(CCCCC1)O2. The average Bonchev–Trinajstić information content (AvgIpc) is 3.37. The van der Waals surface area contributed by atoms with Gasteiger partial charge in [-0.25, -0.2) is 4.39 Å². The lowest BCUT2D eigenvalue weighted by Crippen LogP contribution is -2.40. The molecule has 0 atom stereocenters. The summed E-state index contributed by atoms with van der Waals surface area (Å²) in [6, 6.07) is 11.8. The van der Waals surface area contributed by atoms with Crippen molar-refractivity contribution in [2.45, 2.75) is 43.0 Å². The molecular weight excluding hydrogens is 419 g/mol. The van der Waals surface area contributed by atoms with E-state index in [2.05, 4.69) is 15.5 Å². The van der Waals surface area contributed by atoms with Crippen LogP contribution in [0.2, 0.25) is 0 Å². The summed E-state index contributed by atoms with van der Waals surface area (Å²) in [6.07, 6.45) is 6.57. The number of anilines is 1. The molecular formula is C22H21FN4O3S. The monoisotopic (exact) mass is 440 g/mol. The summed E-state index contributed by atoms with van der Waals surface area (Å²) in [5, 5.41) is 11.2. The zero-order chi connectivity index (χ0) is 21.3. The van der Waals surface area contributed by atoms with E-state index in [1.165, 1.54) is 35.1 Å².